The first kappa shape index (κ1) is 12.2. The summed E-state index contributed by atoms with van der Waals surface area (Å²) in [7, 11) is 1.69. The molecule has 0 spiro atoms. The molecule has 1 rings (SSSR count). The van der Waals surface area contributed by atoms with Crippen LogP contribution in [0.4, 0.5) is 0 Å². The molecule has 0 unspecified atom stereocenters. The Hall–Kier alpha value is -0.860. The van der Waals surface area contributed by atoms with E-state index < -0.39 is 0 Å². The molecule has 0 N–H and O–H groups in total. The quantitative estimate of drug-likeness (QED) is 0.641. The Morgan fingerprint density at radius 1 is 1.07 bits per heavy atom. The molecular weight excluding hydrogens is 188 g/mol. The van der Waals surface area contributed by atoms with E-state index >= 15 is 0 Å². The van der Waals surface area contributed by atoms with Crippen LogP contribution in [0.15, 0.2) is 24.3 Å². The summed E-state index contributed by atoms with van der Waals surface area (Å²) < 4.78 is 10.5. The topological polar surface area (TPSA) is 18.5 Å². The third-order valence-electron chi connectivity index (χ3n) is 2.33. The minimum absolute atomic E-state index is 0.663. The first-order chi connectivity index (χ1) is 7.38. The molecule has 0 aliphatic rings. The Bertz CT molecular complexity index is 271. The SMILES string of the molecule is CCCc1ccccc1COCCOC. The molecule has 0 bridgehead atoms. The molecule has 0 saturated heterocycles. The molecule has 0 heterocycles. The number of benzene rings is 1. The van der Waals surface area contributed by atoms with Crippen molar-refractivity contribution >= 4 is 0 Å². The van der Waals surface area contributed by atoms with Crippen molar-refractivity contribution in [3.05, 3.63) is 35.4 Å². The van der Waals surface area contributed by atoms with Crippen molar-refractivity contribution in [2.75, 3.05) is 20.3 Å². The second kappa shape index (κ2) is 7.43. The highest BCUT2D eigenvalue weighted by Gasteiger charge is 2.00. The monoisotopic (exact) mass is 208 g/mol. The molecule has 15 heavy (non-hydrogen) atoms. The van der Waals surface area contributed by atoms with Crippen LogP contribution in [0.3, 0.4) is 0 Å². The van der Waals surface area contributed by atoms with E-state index in [1.54, 1.807) is 7.11 Å². The number of aryl methyl sites for hydroxylation is 1. The van der Waals surface area contributed by atoms with Gasteiger partial charge in [-0.15, -0.1) is 0 Å². The predicted octanol–water partition coefficient (Wildman–Crippen LogP) is 2.80. The van der Waals surface area contributed by atoms with Crippen LogP contribution in [0.1, 0.15) is 24.5 Å². The van der Waals surface area contributed by atoms with Crippen LogP contribution in [-0.4, -0.2) is 20.3 Å². The summed E-state index contributed by atoms with van der Waals surface area (Å²) in [5.41, 5.74) is 2.70. The van der Waals surface area contributed by atoms with Gasteiger partial charge in [-0.05, 0) is 17.5 Å². The Kier molecular flexibility index (Phi) is 6.05. The number of hydrogen-bond acceptors (Lipinski definition) is 2. The van der Waals surface area contributed by atoms with Crippen molar-refractivity contribution in [3.63, 3.8) is 0 Å². The Morgan fingerprint density at radius 2 is 1.80 bits per heavy atom. The van der Waals surface area contributed by atoms with E-state index in [9.17, 15) is 0 Å². The summed E-state index contributed by atoms with van der Waals surface area (Å²) in [6, 6.07) is 8.47. The smallest absolute Gasteiger partial charge is 0.0720 e. The second-order valence-corrected chi connectivity index (χ2v) is 3.56. The van der Waals surface area contributed by atoms with Gasteiger partial charge in [-0.25, -0.2) is 0 Å². The maximum Gasteiger partial charge on any atom is 0.0720 e. The highest BCUT2D eigenvalue weighted by molar-refractivity contribution is 5.26. The van der Waals surface area contributed by atoms with Gasteiger partial charge in [0, 0.05) is 7.11 Å². The average molecular weight is 208 g/mol. The van der Waals surface area contributed by atoms with Crippen LogP contribution in [0.5, 0.6) is 0 Å². The van der Waals surface area contributed by atoms with Crippen LogP contribution in [0.2, 0.25) is 0 Å². The Labute approximate surface area is 92.2 Å². The molecule has 0 atom stereocenters. The summed E-state index contributed by atoms with van der Waals surface area (Å²) in [5, 5.41) is 0. The van der Waals surface area contributed by atoms with Crippen molar-refractivity contribution in [2.45, 2.75) is 26.4 Å². The molecular formula is C13H20O2. The predicted molar refractivity (Wildman–Crippen MR) is 62.0 cm³/mol. The third kappa shape index (κ3) is 4.45. The molecule has 2 heteroatoms. The van der Waals surface area contributed by atoms with Crippen LogP contribution in [-0.2, 0) is 22.5 Å². The zero-order valence-electron chi connectivity index (χ0n) is 9.66. The highest BCUT2D eigenvalue weighted by Crippen LogP contribution is 2.12. The maximum absolute atomic E-state index is 5.52. The van der Waals surface area contributed by atoms with Crippen molar-refractivity contribution in [1.29, 1.82) is 0 Å². The molecule has 0 amide bonds. The van der Waals surface area contributed by atoms with Crippen molar-refractivity contribution in [1.82, 2.24) is 0 Å². The summed E-state index contributed by atoms with van der Waals surface area (Å²) >= 11 is 0. The van der Waals surface area contributed by atoms with Crippen LogP contribution in [0.25, 0.3) is 0 Å². The fourth-order valence-electron chi connectivity index (χ4n) is 1.54. The lowest BCUT2D eigenvalue weighted by atomic mass is 10.0. The molecule has 0 radical (unpaired) electrons. The normalized spacial score (nSPS) is 10.5. The van der Waals surface area contributed by atoms with Crippen molar-refractivity contribution < 1.29 is 9.47 Å². The lowest BCUT2D eigenvalue weighted by Gasteiger charge is -2.09. The van der Waals surface area contributed by atoms with E-state index in [1.807, 2.05) is 0 Å². The van der Waals surface area contributed by atoms with Crippen LogP contribution < -0.4 is 0 Å². The van der Waals surface area contributed by atoms with Crippen molar-refractivity contribution in [3.8, 4) is 0 Å². The van der Waals surface area contributed by atoms with E-state index in [4.69, 9.17) is 9.47 Å². The molecule has 2 nitrogen and oxygen atoms in total. The van der Waals surface area contributed by atoms with Gasteiger partial charge >= 0.3 is 0 Å². The molecule has 0 aliphatic heterocycles. The maximum atomic E-state index is 5.52. The molecule has 0 fully saturated rings. The van der Waals surface area contributed by atoms with E-state index in [0.29, 0.717) is 19.8 Å². The van der Waals surface area contributed by atoms with Gasteiger partial charge in [0.05, 0.1) is 19.8 Å². The number of hydrogen-bond donors (Lipinski definition) is 0. The zero-order valence-corrected chi connectivity index (χ0v) is 9.66. The third-order valence-corrected chi connectivity index (χ3v) is 2.33. The van der Waals surface area contributed by atoms with E-state index in [2.05, 4.69) is 31.2 Å². The minimum Gasteiger partial charge on any atom is -0.382 e. The number of ether oxygens (including phenoxy) is 2. The van der Waals surface area contributed by atoms with Gasteiger partial charge in [-0.2, -0.15) is 0 Å². The first-order valence-corrected chi connectivity index (χ1v) is 5.52. The molecule has 1 aromatic carbocycles. The summed E-state index contributed by atoms with van der Waals surface area (Å²) in [5.74, 6) is 0. The zero-order chi connectivity index (χ0) is 10.9. The van der Waals surface area contributed by atoms with Crippen molar-refractivity contribution in [2.24, 2.45) is 0 Å². The molecule has 0 aliphatic carbocycles. The van der Waals surface area contributed by atoms with E-state index in [1.165, 1.54) is 17.5 Å². The number of rotatable bonds is 7. The van der Waals surface area contributed by atoms with E-state index in [-0.39, 0.29) is 0 Å². The Morgan fingerprint density at radius 3 is 2.47 bits per heavy atom. The second-order valence-electron chi connectivity index (χ2n) is 3.56. The van der Waals surface area contributed by atoms with Gasteiger partial charge in [0.25, 0.3) is 0 Å². The van der Waals surface area contributed by atoms with Gasteiger partial charge in [0.15, 0.2) is 0 Å². The van der Waals surface area contributed by atoms with Gasteiger partial charge in [0.2, 0.25) is 0 Å². The highest BCUT2D eigenvalue weighted by atomic mass is 16.5. The fraction of sp³-hybridized carbons (Fsp3) is 0.538. The first-order valence-electron chi connectivity index (χ1n) is 5.52. The lowest BCUT2D eigenvalue weighted by Crippen LogP contribution is -2.03. The largest absolute Gasteiger partial charge is 0.382 e. The molecule has 1 aromatic rings. The van der Waals surface area contributed by atoms with Gasteiger partial charge < -0.3 is 9.47 Å². The van der Waals surface area contributed by atoms with Crippen LogP contribution in [0, 0.1) is 0 Å². The fourth-order valence-corrected chi connectivity index (χ4v) is 1.54. The Balaban J connectivity index is 2.44. The van der Waals surface area contributed by atoms with Gasteiger partial charge in [-0.1, -0.05) is 37.6 Å². The summed E-state index contributed by atoms with van der Waals surface area (Å²) in [6.07, 6.45) is 2.30. The number of methoxy groups -OCH3 is 1. The lowest BCUT2D eigenvalue weighted by molar-refractivity contribution is 0.0613. The summed E-state index contributed by atoms with van der Waals surface area (Å²) in [4.78, 5) is 0. The molecule has 0 saturated carbocycles. The van der Waals surface area contributed by atoms with Gasteiger partial charge in [0.1, 0.15) is 0 Å². The van der Waals surface area contributed by atoms with Gasteiger partial charge in [-0.3, -0.25) is 0 Å². The average Bonchev–Trinajstić information content (AvgIpc) is 2.27. The standard InChI is InChI=1S/C13H20O2/c1-3-6-12-7-4-5-8-13(12)11-15-10-9-14-2/h4-5,7-8H,3,6,9-11H2,1-2H3. The minimum atomic E-state index is 0.663. The summed E-state index contributed by atoms with van der Waals surface area (Å²) in [6.45, 7) is 4.22. The molecule has 84 valence electrons. The van der Waals surface area contributed by atoms with Crippen LogP contribution >= 0.6 is 0 Å². The molecule has 0 aromatic heterocycles. The van der Waals surface area contributed by atoms with E-state index in [0.717, 1.165) is 6.42 Å².